The minimum atomic E-state index is -0.678. The molecule has 1 heterocycles. The van der Waals surface area contributed by atoms with Gasteiger partial charge in [-0.15, -0.1) is 0 Å². The fraction of sp³-hybridized carbons (Fsp3) is 0.583. The number of nitro groups is 1. The first-order valence-corrected chi connectivity index (χ1v) is 6.41. The average Bonchev–Trinajstić information content (AvgIpc) is 2.35. The first-order chi connectivity index (χ1) is 9.65. The Morgan fingerprint density at radius 1 is 1.33 bits per heavy atom. The van der Waals surface area contributed by atoms with Crippen LogP contribution in [0.15, 0.2) is 6.33 Å². The minimum Gasteiger partial charge on any atom is -0.367 e. The van der Waals surface area contributed by atoms with Gasteiger partial charge >= 0.3 is 5.69 Å². The summed E-state index contributed by atoms with van der Waals surface area (Å²) in [7, 11) is 1.52. The molecule has 116 valence electrons. The molecule has 1 atom stereocenters. The molecule has 0 bridgehead atoms. The summed E-state index contributed by atoms with van der Waals surface area (Å²) in [4.78, 5) is 30.2. The number of rotatable bonds is 5. The van der Waals surface area contributed by atoms with Gasteiger partial charge < -0.3 is 16.0 Å². The van der Waals surface area contributed by atoms with E-state index in [0.29, 0.717) is 0 Å². The summed E-state index contributed by atoms with van der Waals surface area (Å²) >= 11 is 0. The van der Waals surface area contributed by atoms with Crippen LogP contribution in [0.4, 0.5) is 17.3 Å². The van der Waals surface area contributed by atoms with Crippen molar-refractivity contribution in [3.8, 4) is 0 Å². The van der Waals surface area contributed by atoms with Gasteiger partial charge in [0.2, 0.25) is 17.5 Å². The Morgan fingerprint density at radius 2 is 1.90 bits per heavy atom. The smallest absolute Gasteiger partial charge is 0.353 e. The van der Waals surface area contributed by atoms with Gasteiger partial charge in [0.1, 0.15) is 12.4 Å². The van der Waals surface area contributed by atoms with E-state index in [0.717, 1.165) is 0 Å². The van der Waals surface area contributed by atoms with Gasteiger partial charge in [-0.3, -0.25) is 14.9 Å². The van der Waals surface area contributed by atoms with Gasteiger partial charge in [-0.2, -0.15) is 0 Å². The maximum atomic E-state index is 12.0. The second-order valence-corrected chi connectivity index (χ2v) is 5.53. The van der Waals surface area contributed by atoms with E-state index in [9.17, 15) is 14.9 Å². The van der Waals surface area contributed by atoms with Crippen molar-refractivity contribution in [1.82, 2.24) is 15.3 Å². The fourth-order valence-corrected chi connectivity index (χ4v) is 1.59. The molecule has 0 aromatic carbocycles. The van der Waals surface area contributed by atoms with Crippen molar-refractivity contribution in [2.75, 3.05) is 17.7 Å². The fourth-order valence-electron chi connectivity index (χ4n) is 1.59. The Morgan fingerprint density at radius 3 is 2.38 bits per heavy atom. The van der Waals surface area contributed by atoms with Crippen molar-refractivity contribution >= 4 is 23.2 Å². The molecule has 9 heteroatoms. The van der Waals surface area contributed by atoms with Gasteiger partial charge in [0.25, 0.3) is 0 Å². The number of amides is 1. The number of hydrogen-bond acceptors (Lipinski definition) is 7. The van der Waals surface area contributed by atoms with E-state index >= 15 is 0 Å². The molecule has 0 spiro atoms. The Balaban J connectivity index is 2.97. The highest BCUT2D eigenvalue weighted by Gasteiger charge is 2.26. The Bertz CT molecular complexity index is 540. The lowest BCUT2D eigenvalue weighted by molar-refractivity contribution is -0.383. The summed E-state index contributed by atoms with van der Waals surface area (Å²) in [5, 5.41) is 19.3. The van der Waals surface area contributed by atoms with Gasteiger partial charge in [0.05, 0.1) is 4.92 Å². The molecule has 0 aliphatic rings. The summed E-state index contributed by atoms with van der Waals surface area (Å²) in [5.41, 5.74) is -0.684. The van der Waals surface area contributed by atoms with Crippen LogP contribution < -0.4 is 16.0 Å². The van der Waals surface area contributed by atoms with Gasteiger partial charge in [-0.25, -0.2) is 9.97 Å². The van der Waals surface area contributed by atoms with E-state index in [-0.39, 0.29) is 28.8 Å². The normalized spacial score (nSPS) is 12.4. The highest BCUT2D eigenvalue weighted by atomic mass is 16.6. The lowest BCUT2D eigenvalue weighted by Gasteiger charge is -2.23. The molecule has 9 nitrogen and oxygen atoms in total. The Labute approximate surface area is 122 Å². The van der Waals surface area contributed by atoms with Gasteiger partial charge in [0.15, 0.2) is 0 Å². The summed E-state index contributed by atoms with van der Waals surface area (Å²) < 4.78 is 0. The summed E-state index contributed by atoms with van der Waals surface area (Å²) in [6.45, 7) is 7.16. The number of nitrogens with one attached hydrogen (secondary N) is 3. The van der Waals surface area contributed by atoms with Gasteiger partial charge in [-0.1, -0.05) is 0 Å². The third kappa shape index (κ3) is 4.55. The standard InChI is InChI=1S/C12H20N6O3/c1-7(11(19)17-12(2,3)4)16-10-8(18(20)21)9(13-5)14-6-15-10/h6-7H,1-5H3,(H,17,19)(H2,13,14,15,16). The van der Waals surface area contributed by atoms with Crippen LogP contribution in [0.2, 0.25) is 0 Å². The second-order valence-electron chi connectivity index (χ2n) is 5.53. The maximum Gasteiger partial charge on any atom is 0.353 e. The predicted molar refractivity (Wildman–Crippen MR) is 79.2 cm³/mol. The van der Waals surface area contributed by atoms with Crippen LogP contribution in [0.3, 0.4) is 0 Å². The SMILES string of the molecule is CNc1ncnc(NC(C)C(=O)NC(C)(C)C)c1[N+](=O)[O-]. The zero-order valence-electron chi connectivity index (χ0n) is 12.7. The number of carbonyl (C=O) groups excluding carboxylic acids is 1. The number of hydrogen-bond donors (Lipinski definition) is 3. The highest BCUT2D eigenvalue weighted by Crippen LogP contribution is 2.28. The van der Waals surface area contributed by atoms with Crippen LogP contribution in [-0.2, 0) is 4.79 Å². The summed E-state index contributed by atoms with van der Waals surface area (Å²) in [5.74, 6) is -0.196. The summed E-state index contributed by atoms with van der Waals surface area (Å²) in [6.07, 6.45) is 1.19. The zero-order chi connectivity index (χ0) is 16.2. The third-order valence-corrected chi connectivity index (χ3v) is 2.49. The predicted octanol–water partition coefficient (Wildman–Crippen LogP) is 1.14. The van der Waals surface area contributed by atoms with E-state index < -0.39 is 11.0 Å². The first kappa shape index (κ1) is 16.6. The van der Waals surface area contributed by atoms with Crippen LogP contribution in [0, 0.1) is 10.1 Å². The molecule has 0 saturated heterocycles. The van der Waals surface area contributed by atoms with Crippen molar-refractivity contribution in [3.05, 3.63) is 16.4 Å². The van der Waals surface area contributed by atoms with Crippen molar-refractivity contribution < 1.29 is 9.72 Å². The molecule has 1 amide bonds. The van der Waals surface area contributed by atoms with E-state index in [2.05, 4.69) is 25.9 Å². The minimum absolute atomic E-state index is 0.00379. The molecule has 3 N–H and O–H groups in total. The lowest BCUT2D eigenvalue weighted by atomic mass is 10.1. The molecule has 1 aromatic heterocycles. The first-order valence-electron chi connectivity index (χ1n) is 6.41. The van der Waals surface area contributed by atoms with Crippen LogP contribution >= 0.6 is 0 Å². The maximum absolute atomic E-state index is 12.0. The van der Waals surface area contributed by atoms with E-state index in [1.54, 1.807) is 6.92 Å². The van der Waals surface area contributed by atoms with Crippen LogP contribution in [0.25, 0.3) is 0 Å². The lowest BCUT2D eigenvalue weighted by Crippen LogP contribution is -2.47. The Hall–Kier alpha value is -2.45. The molecule has 0 fully saturated rings. The zero-order valence-corrected chi connectivity index (χ0v) is 12.7. The number of anilines is 2. The monoisotopic (exact) mass is 296 g/mol. The molecule has 0 saturated carbocycles. The number of aromatic nitrogens is 2. The van der Waals surface area contributed by atoms with Gasteiger partial charge in [-0.05, 0) is 27.7 Å². The highest BCUT2D eigenvalue weighted by molar-refractivity contribution is 5.85. The van der Waals surface area contributed by atoms with E-state index in [1.165, 1.54) is 13.4 Å². The molecule has 0 radical (unpaired) electrons. The van der Waals surface area contributed by atoms with Crippen molar-refractivity contribution in [3.63, 3.8) is 0 Å². The third-order valence-electron chi connectivity index (χ3n) is 2.49. The van der Waals surface area contributed by atoms with Crippen molar-refractivity contribution in [2.24, 2.45) is 0 Å². The molecule has 0 aliphatic carbocycles. The molecule has 21 heavy (non-hydrogen) atoms. The second kappa shape index (κ2) is 6.33. The topological polar surface area (TPSA) is 122 Å². The van der Waals surface area contributed by atoms with E-state index in [4.69, 9.17) is 0 Å². The van der Waals surface area contributed by atoms with Gasteiger partial charge in [0, 0.05) is 12.6 Å². The van der Waals surface area contributed by atoms with Crippen LogP contribution in [-0.4, -0.2) is 39.4 Å². The van der Waals surface area contributed by atoms with Crippen LogP contribution in [0.5, 0.6) is 0 Å². The number of nitrogens with zero attached hydrogens (tertiary/aromatic N) is 3. The van der Waals surface area contributed by atoms with Crippen molar-refractivity contribution in [1.29, 1.82) is 0 Å². The molecular formula is C12H20N6O3. The number of carbonyl (C=O) groups is 1. The average molecular weight is 296 g/mol. The van der Waals surface area contributed by atoms with Crippen molar-refractivity contribution in [2.45, 2.75) is 39.3 Å². The molecule has 1 rings (SSSR count). The molecular weight excluding hydrogens is 276 g/mol. The summed E-state index contributed by atoms with van der Waals surface area (Å²) in [6, 6.07) is -0.678. The largest absolute Gasteiger partial charge is 0.367 e. The molecule has 0 aliphatic heterocycles. The molecule has 1 unspecified atom stereocenters. The quantitative estimate of drug-likeness (QED) is 0.550. The Kier molecular flexibility index (Phi) is 5.01. The molecule has 1 aromatic rings. The van der Waals surface area contributed by atoms with Crippen LogP contribution in [0.1, 0.15) is 27.7 Å². The van der Waals surface area contributed by atoms with E-state index in [1.807, 2.05) is 20.8 Å².